The lowest BCUT2D eigenvalue weighted by Crippen LogP contribution is -2.22. The zero-order valence-corrected chi connectivity index (χ0v) is 23.3. The molecule has 0 fully saturated rings. The predicted octanol–water partition coefficient (Wildman–Crippen LogP) is 6.46. The maximum Gasteiger partial charge on any atom is 0.418 e. The van der Waals surface area contributed by atoms with Crippen molar-refractivity contribution in [2.75, 3.05) is 13.7 Å². The van der Waals surface area contributed by atoms with Gasteiger partial charge in [-0.1, -0.05) is 34.4 Å². The number of halogens is 1. The molecule has 0 amide bonds. The van der Waals surface area contributed by atoms with Crippen molar-refractivity contribution in [3.63, 3.8) is 0 Å². The Morgan fingerprint density at radius 2 is 1.87 bits per heavy atom. The number of methoxy groups -OCH3 is 1. The highest BCUT2D eigenvalue weighted by Crippen LogP contribution is 2.34. The van der Waals surface area contributed by atoms with E-state index in [9.17, 15) is 9.36 Å². The summed E-state index contributed by atoms with van der Waals surface area (Å²) in [7, 11) is -0.638. The summed E-state index contributed by atoms with van der Waals surface area (Å²) in [6.07, 6.45) is 3.09. The van der Waals surface area contributed by atoms with Crippen molar-refractivity contribution in [1.82, 2.24) is 4.57 Å². The summed E-state index contributed by atoms with van der Waals surface area (Å²) in [5.74, 6) is 0.171. The number of fused-ring (bicyclic) bond motifs is 1. The van der Waals surface area contributed by atoms with Crippen LogP contribution in [0.25, 0.3) is 17.0 Å². The number of nitriles is 1. The van der Waals surface area contributed by atoms with Gasteiger partial charge in [0.15, 0.2) is 11.0 Å². The molecule has 0 saturated heterocycles. The Bertz CT molecular complexity index is 1610. The van der Waals surface area contributed by atoms with Gasteiger partial charge in [0.1, 0.15) is 5.75 Å². The number of allylic oxidation sites excluding steroid dienone is 1. The van der Waals surface area contributed by atoms with E-state index in [1.165, 1.54) is 6.08 Å². The molecule has 1 heterocycles. The van der Waals surface area contributed by atoms with E-state index in [1.807, 2.05) is 66.9 Å². The van der Waals surface area contributed by atoms with E-state index >= 15 is 0 Å². The second kappa shape index (κ2) is 11.6. The van der Waals surface area contributed by atoms with Crippen LogP contribution in [0, 0.1) is 25.2 Å². The SMILES string of the molecule is CCOC(=O)c1c([P+](=O)c2cc(C)cc(/C=C/C#N)c2C)c2cc(Cl)ccc2n1Cc1ccc(OC)cc1. The predicted molar refractivity (Wildman–Crippen MR) is 152 cm³/mol. The van der Waals surface area contributed by atoms with E-state index in [0.717, 1.165) is 33.5 Å². The van der Waals surface area contributed by atoms with Crippen LogP contribution in [0.3, 0.4) is 0 Å². The van der Waals surface area contributed by atoms with Crippen LogP contribution >= 0.6 is 19.4 Å². The molecule has 0 saturated carbocycles. The molecule has 192 valence electrons. The lowest BCUT2D eigenvalue weighted by molar-refractivity contribution is 0.0516. The minimum absolute atomic E-state index is 0.173. The zero-order chi connectivity index (χ0) is 27.4. The molecule has 0 N–H and O–H groups in total. The topological polar surface area (TPSA) is 81.3 Å². The first-order chi connectivity index (χ1) is 18.3. The van der Waals surface area contributed by atoms with E-state index in [2.05, 4.69) is 0 Å². The van der Waals surface area contributed by atoms with Crippen molar-refractivity contribution in [3.05, 3.63) is 93.6 Å². The molecule has 0 aliphatic carbocycles. The Labute approximate surface area is 227 Å². The van der Waals surface area contributed by atoms with Crippen molar-refractivity contribution >= 4 is 53.0 Å². The molecule has 1 unspecified atom stereocenters. The molecular weight excluding hydrogens is 519 g/mol. The third-order valence-electron chi connectivity index (χ3n) is 6.29. The molecule has 3 aromatic carbocycles. The molecule has 0 aliphatic heterocycles. The number of hydrogen-bond acceptors (Lipinski definition) is 5. The van der Waals surface area contributed by atoms with Crippen molar-refractivity contribution < 1.29 is 18.8 Å². The van der Waals surface area contributed by atoms with Crippen LogP contribution in [0.1, 0.15) is 39.7 Å². The second-order valence-corrected chi connectivity index (χ2v) is 10.7. The molecule has 0 bridgehead atoms. The van der Waals surface area contributed by atoms with Gasteiger partial charge in [-0.05, 0) is 79.9 Å². The summed E-state index contributed by atoms with van der Waals surface area (Å²) in [5, 5.41) is 11.1. The summed E-state index contributed by atoms with van der Waals surface area (Å²) >= 11 is 6.40. The Balaban J connectivity index is 2.00. The minimum Gasteiger partial charge on any atom is -0.497 e. The Hall–Kier alpha value is -3.91. The third kappa shape index (κ3) is 5.36. The monoisotopic (exact) mass is 545 g/mol. The van der Waals surface area contributed by atoms with Gasteiger partial charge in [0.2, 0.25) is 5.30 Å². The molecule has 38 heavy (non-hydrogen) atoms. The fourth-order valence-corrected chi connectivity index (χ4v) is 6.47. The van der Waals surface area contributed by atoms with Gasteiger partial charge in [-0.15, -0.1) is 0 Å². The number of rotatable bonds is 8. The van der Waals surface area contributed by atoms with Gasteiger partial charge in [0.25, 0.3) is 0 Å². The van der Waals surface area contributed by atoms with Gasteiger partial charge in [0.05, 0.1) is 30.7 Å². The summed E-state index contributed by atoms with van der Waals surface area (Å²) in [5.41, 5.74) is 4.35. The van der Waals surface area contributed by atoms with Crippen LogP contribution in [-0.2, 0) is 15.8 Å². The molecule has 6 nitrogen and oxygen atoms in total. The highest BCUT2D eigenvalue weighted by molar-refractivity contribution is 7.62. The van der Waals surface area contributed by atoms with Crippen LogP contribution in [-0.4, -0.2) is 24.3 Å². The van der Waals surface area contributed by atoms with E-state index in [-0.39, 0.29) is 12.3 Å². The zero-order valence-electron chi connectivity index (χ0n) is 21.6. The van der Waals surface area contributed by atoms with Crippen LogP contribution in [0.5, 0.6) is 5.75 Å². The number of esters is 1. The Morgan fingerprint density at radius 1 is 1.13 bits per heavy atom. The highest BCUT2D eigenvalue weighted by atomic mass is 35.5. The van der Waals surface area contributed by atoms with Gasteiger partial charge in [0, 0.05) is 23.2 Å². The number of nitrogens with zero attached hydrogens (tertiary/aromatic N) is 2. The maximum absolute atomic E-state index is 14.4. The number of carbonyl (C=O) groups excluding carboxylic acids is 1. The number of aromatic nitrogens is 1. The minimum atomic E-state index is -2.24. The summed E-state index contributed by atoms with van der Waals surface area (Å²) in [4.78, 5) is 13.5. The quantitative estimate of drug-likeness (QED) is 0.144. The van der Waals surface area contributed by atoms with E-state index in [4.69, 9.17) is 26.3 Å². The standard InChI is InChI=1S/C30H27ClN2O4P/c1-5-37-30(34)28-29(38(35)27-16-19(2)15-22(20(27)3)7-6-14-32)25-17-23(31)10-13-26(25)33(28)18-21-8-11-24(36-4)12-9-21/h6-13,15-17H,5,18H2,1-4H3/q+1/b7-6+. The van der Waals surface area contributed by atoms with Crippen molar-refractivity contribution in [1.29, 1.82) is 5.26 Å². The molecule has 0 radical (unpaired) electrons. The fraction of sp³-hybridized carbons (Fsp3) is 0.200. The number of benzene rings is 3. The lowest BCUT2D eigenvalue weighted by atomic mass is 10.1. The molecule has 0 spiro atoms. The maximum atomic E-state index is 14.4. The first-order valence-electron chi connectivity index (χ1n) is 12.1. The first kappa shape index (κ1) is 27.1. The van der Waals surface area contributed by atoms with Gasteiger partial charge in [-0.25, -0.2) is 4.79 Å². The molecule has 0 aliphatic rings. The van der Waals surface area contributed by atoms with E-state index in [1.54, 1.807) is 32.2 Å². The van der Waals surface area contributed by atoms with Gasteiger partial charge in [-0.3, -0.25) is 0 Å². The molecule has 1 atom stereocenters. The normalized spacial score (nSPS) is 11.5. The number of ether oxygens (including phenoxy) is 2. The Morgan fingerprint density at radius 3 is 2.53 bits per heavy atom. The summed E-state index contributed by atoms with van der Waals surface area (Å²) in [6.45, 7) is 6.04. The van der Waals surface area contributed by atoms with Crippen LogP contribution < -0.4 is 15.3 Å². The lowest BCUT2D eigenvalue weighted by Gasteiger charge is -2.11. The third-order valence-corrected chi connectivity index (χ3v) is 8.29. The Kier molecular flexibility index (Phi) is 8.32. The fourth-order valence-electron chi connectivity index (χ4n) is 4.50. The largest absolute Gasteiger partial charge is 0.497 e. The molecule has 4 rings (SSSR count). The average Bonchev–Trinajstić information content (AvgIpc) is 3.22. The van der Waals surface area contributed by atoms with Crippen LogP contribution in [0.15, 0.2) is 60.7 Å². The number of hydrogen-bond donors (Lipinski definition) is 0. The van der Waals surface area contributed by atoms with E-state index < -0.39 is 13.8 Å². The van der Waals surface area contributed by atoms with Crippen molar-refractivity contribution in [2.24, 2.45) is 0 Å². The smallest absolute Gasteiger partial charge is 0.418 e. The van der Waals surface area contributed by atoms with Gasteiger partial charge in [-0.2, -0.15) is 5.26 Å². The molecule has 1 aromatic heterocycles. The average molecular weight is 546 g/mol. The summed E-state index contributed by atoms with van der Waals surface area (Å²) < 4.78 is 27.0. The van der Waals surface area contributed by atoms with Crippen LogP contribution in [0.4, 0.5) is 0 Å². The number of aryl methyl sites for hydroxylation is 1. The first-order valence-corrected chi connectivity index (χ1v) is 13.7. The molecular formula is C30H27ClN2O4P+. The summed E-state index contributed by atoms with van der Waals surface area (Å²) in [6, 6.07) is 18.7. The van der Waals surface area contributed by atoms with Crippen LogP contribution in [0.2, 0.25) is 5.02 Å². The van der Waals surface area contributed by atoms with Crippen molar-refractivity contribution in [3.8, 4) is 11.8 Å². The second-order valence-electron chi connectivity index (χ2n) is 8.77. The van der Waals surface area contributed by atoms with Gasteiger partial charge < -0.3 is 14.0 Å². The highest BCUT2D eigenvalue weighted by Gasteiger charge is 2.39. The van der Waals surface area contributed by atoms with Gasteiger partial charge >= 0.3 is 13.8 Å². The molecule has 4 aromatic rings. The van der Waals surface area contributed by atoms with E-state index in [0.29, 0.717) is 27.6 Å². The number of carbonyl (C=O) groups is 1. The molecule has 8 heteroatoms. The van der Waals surface area contributed by atoms with Crippen molar-refractivity contribution in [2.45, 2.75) is 27.3 Å².